The molecular formula is C17H28N2O. The fourth-order valence-corrected chi connectivity index (χ4v) is 2.89. The van der Waals surface area contributed by atoms with Gasteiger partial charge in [-0.1, -0.05) is 25.1 Å². The quantitative estimate of drug-likeness (QED) is 0.809. The molecule has 0 aromatic heterocycles. The van der Waals surface area contributed by atoms with Crippen molar-refractivity contribution in [3.05, 3.63) is 30.3 Å². The zero-order valence-corrected chi connectivity index (χ0v) is 13.0. The Bertz CT molecular complexity index is 382. The van der Waals surface area contributed by atoms with E-state index in [1.165, 1.54) is 13.0 Å². The van der Waals surface area contributed by atoms with Crippen LogP contribution in [-0.4, -0.2) is 43.7 Å². The molecule has 0 bridgehead atoms. The van der Waals surface area contributed by atoms with Crippen LogP contribution in [0.5, 0.6) is 5.75 Å². The summed E-state index contributed by atoms with van der Waals surface area (Å²) in [6.45, 7) is 7.69. The molecule has 1 N–H and O–H groups in total. The fraction of sp³-hybridized carbons (Fsp3) is 0.647. The van der Waals surface area contributed by atoms with Crippen LogP contribution in [0.25, 0.3) is 0 Å². The summed E-state index contributed by atoms with van der Waals surface area (Å²) in [6.07, 6.45) is 2.31. The monoisotopic (exact) mass is 276 g/mol. The first-order valence-electron chi connectivity index (χ1n) is 7.78. The number of nitrogens with zero attached hydrogens (tertiary/aromatic N) is 1. The Kier molecular flexibility index (Phi) is 5.86. The van der Waals surface area contributed by atoms with Crippen molar-refractivity contribution in [1.29, 1.82) is 0 Å². The zero-order chi connectivity index (χ0) is 14.4. The van der Waals surface area contributed by atoms with Gasteiger partial charge in [-0.05, 0) is 51.4 Å². The van der Waals surface area contributed by atoms with Crippen LogP contribution in [0.4, 0.5) is 0 Å². The highest BCUT2D eigenvalue weighted by atomic mass is 16.5. The number of ether oxygens (including phenoxy) is 1. The van der Waals surface area contributed by atoms with Gasteiger partial charge in [-0.25, -0.2) is 0 Å². The molecule has 2 rings (SSSR count). The van der Waals surface area contributed by atoms with Gasteiger partial charge in [0.05, 0.1) is 6.61 Å². The standard InChI is InChI=1S/C17H28N2O/c1-14-13-19(3)15(2)12-17(14)18-10-7-11-20-16-8-5-4-6-9-16/h4-6,8-9,14-15,17-18H,7,10-13H2,1-3H3. The smallest absolute Gasteiger partial charge is 0.119 e. The van der Waals surface area contributed by atoms with E-state index in [1.807, 2.05) is 30.3 Å². The van der Waals surface area contributed by atoms with Gasteiger partial charge in [0, 0.05) is 18.6 Å². The van der Waals surface area contributed by atoms with E-state index in [0.717, 1.165) is 31.2 Å². The molecule has 3 heteroatoms. The molecule has 3 atom stereocenters. The van der Waals surface area contributed by atoms with Crippen molar-refractivity contribution in [2.75, 3.05) is 26.7 Å². The third kappa shape index (κ3) is 4.50. The summed E-state index contributed by atoms with van der Waals surface area (Å²) < 4.78 is 5.71. The Morgan fingerprint density at radius 2 is 2.00 bits per heavy atom. The highest BCUT2D eigenvalue weighted by Gasteiger charge is 2.28. The lowest BCUT2D eigenvalue weighted by atomic mass is 9.90. The number of hydrogen-bond donors (Lipinski definition) is 1. The Morgan fingerprint density at radius 3 is 2.75 bits per heavy atom. The number of para-hydroxylation sites is 1. The first-order chi connectivity index (χ1) is 9.66. The fourth-order valence-electron chi connectivity index (χ4n) is 2.89. The van der Waals surface area contributed by atoms with Gasteiger partial charge < -0.3 is 15.0 Å². The summed E-state index contributed by atoms with van der Waals surface area (Å²) in [4.78, 5) is 2.46. The molecule has 1 saturated heterocycles. The van der Waals surface area contributed by atoms with Crippen molar-refractivity contribution in [1.82, 2.24) is 10.2 Å². The predicted molar refractivity (Wildman–Crippen MR) is 84.2 cm³/mol. The van der Waals surface area contributed by atoms with Crippen LogP contribution in [0.3, 0.4) is 0 Å². The molecule has 0 saturated carbocycles. The Labute approximate surface area is 123 Å². The second-order valence-electron chi connectivity index (χ2n) is 6.08. The van der Waals surface area contributed by atoms with E-state index in [-0.39, 0.29) is 0 Å². The third-order valence-electron chi connectivity index (χ3n) is 4.35. The van der Waals surface area contributed by atoms with Gasteiger partial charge >= 0.3 is 0 Å². The Balaban J connectivity index is 1.61. The van der Waals surface area contributed by atoms with E-state index in [9.17, 15) is 0 Å². The number of rotatable bonds is 6. The minimum atomic E-state index is 0.651. The summed E-state index contributed by atoms with van der Waals surface area (Å²) in [6, 6.07) is 11.4. The van der Waals surface area contributed by atoms with E-state index in [0.29, 0.717) is 12.1 Å². The van der Waals surface area contributed by atoms with Gasteiger partial charge in [0.1, 0.15) is 5.75 Å². The molecule has 0 amide bonds. The molecule has 3 unspecified atom stereocenters. The second-order valence-corrected chi connectivity index (χ2v) is 6.08. The lowest BCUT2D eigenvalue weighted by Gasteiger charge is -2.40. The molecule has 20 heavy (non-hydrogen) atoms. The first-order valence-corrected chi connectivity index (χ1v) is 7.78. The van der Waals surface area contributed by atoms with E-state index < -0.39 is 0 Å². The molecule has 112 valence electrons. The summed E-state index contributed by atoms with van der Waals surface area (Å²) in [7, 11) is 2.23. The normalized spacial score (nSPS) is 27.4. The second kappa shape index (κ2) is 7.65. The van der Waals surface area contributed by atoms with Crippen molar-refractivity contribution in [2.45, 2.75) is 38.8 Å². The van der Waals surface area contributed by atoms with Crippen molar-refractivity contribution in [3.8, 4) is 5.75 Å². The van der Waals surface area contributed by atoms with Crippen LogP contribution in [-0.2, 0) is 0 Å². The molecule has 1 fully saturated rings. The van der Waals surface area contributed by atoms with Gasteiger partial charge in [-0.2, -0.15) is 0 Å². The molecule has 1 aliphatic rings. The summed E-state index contributed by atoms with van der Waals surface area (Å²) in [5.74, 6) is 1.69. The summed E-state index contributed by atoms with van der Waals surface area (Å²) in [5.41, 5.74) is 0. The average Bonchev–Trinajstić information content (AvgIpc) is 2.45. The minimum Gasteiger partial charge on any atom is -0.494 e. The molecule has 3 nitrogen and oxygen atoms in total. The molecule has 0 aliphatic carbocycles. The van der Waals surface area contributed by atoms with E-state index in [1.54, 1.807) is 0 Å². The molecule has 1 aromatic rings. The van der Waals surface area contributed by atoms with Crippen LogP contribution < -0.4 is 10.1 Å². The highest BCUT2D eigenvalue weighted by molar-refractivity contribution is 5.20. The van der Waals surface area contributed by atoms with Crippen LogP contribution in [0.1, 0.15) is 26.7 Å². The molecule has 0 radical (unpaired) electrons. The molecular weight excluding hydrogens is 248 g/mol. The highest BCUT2D eigenvalue weighted by Crippen LogP contribution is 2.20. The van der Waals surface area contributed by atoms with E-state index in [4.69, 9.17) is 4.74 Å². The maximum absolute atomic E-state index is 5.71. The predicted octanol–water partition coefficient (Wildman–Crippen LogP) is 2.77. The summed E-state index contributed by atoms with van der Waals surface area (Å²) >= 11 is 0. The van der Waals surface area contributed by atoms with Gasteiger partial charge in [-0.15, -0.1) is 0 Å². The zero-order valence-electron chi connectivity index (χ0n) is 13.0. The third-order valence-corrected chi connectivity index (χ3v) is 4.35. The van der Waals surface area contributed by atoms with Crippen molar-refractivity contribution < 1.29 is 4.74 Å². The maximum atomic E-state index is 5.71. The topological polar surface area (TPSA) is 24.5 Å². The molecule has 1 aliphatic heterocycles. The Hall–Kier alpha value is -1.06. The average molecular weight is 276 g/mol. The maximum Gasteiger partial charge on any atom is 0.119 e. The van der Waals surface area contributed by atoms with Crippen LogP contribution in [0.2, 0.25) is 0 Å². The molecule has 1 heterocycles. The SMILES string of the molecule is CC1CN(C)C(C)CC1NCCCOc1ccccc1. The lowest BCUT2D eigenvalue weighted by Crippen LogP contribution is -2.51. The molecule has 1 aromatic carbocycles. The van der Waals surface area contributed by atoms with E-state index >= 15 is 0 Å². The number of likely N-dealkylation sites (tertiary alicyclic amines) is 1. The van der Waals surface area contributed by atoms with Gasteiger partial charge in [0.25, 0.3) is 0 Å². The first kappa shape index (κ1) is 15.3. The Morgan fingerprint density at radius 1 is 1.25 bits per heavy atom. The number of nitrogens with one attached hydrogen (secondary N) is 1. The van der Waals surface area contributed by atoms with Gasteiger partial charge in [0.2, 0.25) is 0 Å². The van der Waals surface area contributed by atoms with Crippen molar-refractivity contribution >= 4 is 0 Å². The number of benzene rings is 1. The van der Waals surface area contributed by atoms with Crippen molar-refractivity contribution in [3.63, 3.8) is 0 Å². The van der Waals surface area contributed by atoms with Gasteiger partial charge in [-0.3, -0.25) is 0 Å². The minimum absolute atomic E-state index is 0.651. The molecule has 0 spiro atoms. The van der Waals surface area contributed by atoms with Crippen LogP contribution in [0.15, 0.2) is 30.3 Å². The van der Waals surface area contributed by atoms with E-state index in [2.05, 4.69) is 31.1 Å². The van der Waals surface area contributed by atoms with Crippen LogP contribution >= 0.6 is 0 Å². The van der Waals surface area contributed by atoms with Crippen LogP contribution in [0, 0.1) is 5.92 Å². The van der Waals surface area contributed by atoms with Crippen molar-refractivity contribution in [2.24, 2.45) is 5.92 Å². The number of piperidine rings is 1. The number of hydrogen-bond acceptors (Lipinski definition) is 3. The summed E-state index contributed by atoms with van der Waals surface area (Å²) in [5, 5.41) is 3.70. The lowest BCUT2D eigenvalue weighted by molar-refractivity contribution is 0.121. The van der Waals surface area contributed by atoms with Gasteiger partial charge in [0.15, 0.2) is 0 Å². The largest absolute Gasteiger partial charge is 0.494 e.